The summed E-state index contributed by atoms with van der Waals surface area (Å²) in [5.41, 5.74) is -2.52. The Bertz CT molecular complexity index is 759. The number of benzene rings is 1. The second-order valence-electron chi connectivity index (χ2n) is 4.64. The van der Waals surface area contributed by atoms with Gasteiger partial charge in [0.1, 0.15) is 11.6 Å². The number of ether oxygens (including phenoxy) is 1. The molecule has 0 amide bonds. The molecule has 0 fully saturated rings. The lowest BCUT2D eigenvalue weighted by Gasteiger charge is -2.24. The average Bonchev–Trinajstić information content (AvgIpc) is 2.56. The summed E-state index contributed by atoms with van der Waals surface area (Å²) < 4.78 is 56.1. The molecule has 0 saturated carbocycles. The van der Waals surface area contributed by atoms with Crippen LogP contribution in [0.25, 0.3) is 0 Å². The van der Waals surface area contributed by atoms with Crippen LogP contribution >= 0.6 is 0 Å². The molecule has 1 aliphatic heterocycles. The molecule has 1 aliphatic rings. The standard InChI is InChI=1S/C12H11F2NO5S/c1-12(7-5-6(13)3-4-8(7)14)10(17)9(16)11(20-12)15-21(2,18)19/h3-5,15-16H,1-2H3. The Hall–Kier alpha value is -2.16. The summed E-state index contributed by atoms with van der Waals surface area (Å²) in [6.45, 7) is 1.10. The minimum Gasteiger partial charge on any atom is -0.501 e. The molecular weight excluding hydrogens is 308 g/mol. The first kappa shape index (κ1) is 15.2. The van der Waals surface area contributed by atoms with Crippen LogP contribution in [-0.4, -0.2) is 25.6 Å². The zero-order valence-electron chi connectivity index (χ0n) is 11.0. The topological polar surface area (TPSA) is 92.7 Å². The number of aliphatic hydroxyl groups excluding tert-OH is 1. The molecule has 114 valence electrons. The molecule has 2 N–H and O–H groups in total. The van der Waals surface area contributed by atoms with Gasteiger partial charge in [-0.1, -0.05) is 0 Å². The summed E-state index contributed by atoms with van der Waals surface area (Å²) in [6, 6.07) is 2.39. The number of Topliss-reactive ketones (excluding diaryl/α,β-unsaturated/α-hetero) is 1. The third-order valence-corrected chi connectivity index (χ3v) is 3.45. The van der Waals surface area contributed by atoms with E-state index < -0.39 is 50.2 Å². The molecule has 1 atom stereocenters. The van der Waals surface area contributed by atoms with E-state index in [1.807, 2.05) is 0 Å². The molecule has 2 rings (SSSR count). The number of halogens is 2. The first-order chi connectivity index (χ1) is 9.54. The van der Waals surface area contributed by atoms with E-state index in [0.717, 1.165) is 31.4 Å². The van der Waals surface area contributed by atoms with E-state index in [2.05, 4.69) is 0 Å². The van der Waals surface area contributed by atoms with Gasteiger partial charge in [0.2, 0.25) is 27.3 Å². The van der Waals surface area contributed by atoms with Crippen molar-refractivity contribution in [2.45, 2.75) is 12.5 Å². The highest BCUT2D eigenvalue weighted by molar-refractivity contribution is 7.88. The highest BCUT2D eigenvalue weighted by atomic mass is 32.2. The molecule has 1 aromatic rings. The minimum absolute atomic E-state index is 0.454. The molecule has 0 spiro atoms. The Kier molecular flexibility index (Phi) is 3.40. The van der Waals surface area contributed by atoms with Crippen LogP contribution in [0.4, 0.5) is 8.78 Å². The van der Waals surface area contributed by atoms with Crippen molar-refractivity contribution in [2.75, 3.05) is 6.26 Å². The van der Waals surface area contributed by atoms with Crippen LogP contribution in [0.15, 0.2) is 29.8 Å². The normalized spacial score (nSPS) is 22.4. The van der Waals surface area contributed by atoms with Gasteiger partial charge in [0.15, 0.2) is 0 Å². The molecule has 21 heavy (non-hydrogen) atoms. The van der Waals surface area contributed by atoms with Crippen molar-refractivity contribution in [1.29, 1.82) is 0 Å². The molecule has 1 unspecified atom stereocenters. The number of ketones is 1. The van der Waals surface area contributed by atoms with Gasteiger partial charge in [-0.3, -0.25) is 9.52 Å². The monoisotopic (exact) mass is 319 g/mol. The maximum Gasteiger partial charge on any atom is 0.250 e. The van der Waals surface area contributed by atoms with Crippen LogP contribution < -0.4 is 4.72 Å². The van der Waals surface area contributed by atoms with Crippen molar-refractivity contribution in [1.82, 2.24) is 4.72 Å². The summed E-state index contributed by atoms with van der Waals surface area (Å²) in [7, 11) is -3.83. The molecule has 0 saturated heterocycles. The smallest absolute Gasteiger partial charge is 0.250 e. The van der Waals surface area contributed by atoms with Crippen molar-refractivity contribution in [3.63, 3.8) is 0 Å². The SMILES string of the molecule is CC1(c2cc(F)ccc2F)OC(NS(C)(=O)=O)=C(O)C1=O. The fourth-order valence-electron chi connectivity index (χ4n) is 1.91. The Balaban J connectivity index is 2.48. The van der Waals surface area contributed by atoms with Gasteiger partial charge in [0.25, 0.3) is 5.78 Å². The van der Waals surface area contributed by atoms with E-state index >= 15 is 0 Å². The quantitative estimate of drug-likeness (QED) is 0.869. The molecule has 0 aliphatic carbocycles. The molecule has 6 nitrogen and oxygen atoms in total. The Morgan fingerprint density at radius 2 is 1.95 bits per heavy atom. The van der Waals surface area contributed by atoms with Crippen molar-refractivity contribution in [2.24, 2.45) is 0 Å². The molecule has 0 aromatic heterocycles. The molecule has 0 radical (unpaired) electrons. The van der Waals surface area contributed by atoms with Gasteiger partial charge in [0.05, 0.1) is 6.26 Å². The first-order valence-electron chi connectivity index (χ1n) is 5.65. The van der Waals surface area contributed by atoms with E-state index in [1.54, 1.807) is 4.72 Å². The third-order valence-electron chi connectivity index (χ3n) is 2.89. The Morgan fingerprint density at radius 3 is 2.52 bits per heavy atom. The summed E-state index contributed by atoms with van der Waals surface area (Å²) in [6.07, 6.45) is 0.777. The second kappa shape index (κ2) is 4.69. The Labute approximate surface area is 119 Å². The van der Waals surface area contributed by atoms with Crippen molar-refractivity contribution >= 4 is 15.8 Å². The average molecular weight is 319 g/mol. The number of rotatable bonds is 3. The van der Waals surface area contributed by atoms with Gasteiger partial charge in [-0.2, -0.15) is 0 Å². The lowest BCUT2D eigenvalue weighted by atomic mass is 9.91. The largest absolute Gasteiger partial charge is 0.501 e. The zero-order chi connectivity index (χ0) is 16.0. The number of carbonyl (C=O) groups excluding carboxylic acids is 1. The summed E-state index contributed by atoms with van der Waals surface area (Å²) in [5, 5.41) is 9.64. The molecular formula is C12H11F2NO5S. The molecule has 1 heterocycles. The first-order valence-corrected chi connectivity index (χ1v) is 7.54. The molecule has 0 bridgehead atoms. The van der Waals surface area contributed by atoms with E-state index in [4.69, 9.17) is 4.74 Å². The number of hydrogen-bond acceptors (Lipinski definition) is 5. The maximum absolute atomic E-state index is 13.8. The Morgan fingerprint density at radius 1 is 1.33 bits per heavy atom. The van der Waals surface area contributed by atoms with Crippen molar-refractivity contribution in [3.05, 3.63) is 47.0 Å². The minimum atomic E-state index is -3.83. The molecule has 9 heteroatoms. The van der Waals surface area contributed by atoms with Gasteiger partial charge < -0.3 is 9.84 Å². The predicted molar refractivity (Wildman–Crippen MR) is 67.4 cm³/mol. The summed E-state index contributed by atoms with van der Waals surface area (Å²) in [4.78, 5) is 12.0. The predicted octanol–water partition coefficient (Wildman–Crippen LogP) is 1.06. The van der Waals surface area contributed by atoms with Crippen molar-refractivity contribution < 1.29 is 31.8 Å². The van der Waals surface area contributed by atoms with Crippen LogP contribution in [0.5, 0.6) is 0 Å². The van der Waals surface area contributed by atoms with Gasteiger partial charge in [0, 0.05) is 5.56 Å². The van der Waals surface area contributed by atoms with Gasteiger partial charge >= 0.3 is 0 Å². The van der Waals surface area contributed by atoms with Crippen LogP contribution in [0.2, 0.25) is 0 Å². The van der Waals surface area contributed by atoms with Crippen LogP contribution in [0, 0.1) is 11.6 Å². The maximum atomic E-state index is 13.8. The van der Waals surface area contributed by atoms with Crippen LogP contribution in [0.1, 0.15) is 12.5 Å². The number of nitrogens with one attached hydrogen (secondary N) is 1. The van der Waals surface area contributed by atoms with E-state index in [-0.39, 0.29) is 0 Å². The van der Waals surface area contributed by atoms with Crippen LogP contribution in [-0.2, 0) is 25.2 Å². The van der Waals surface area contributed by atoms with Gasteiger partial charge in [-0.15, -0.1) is 0 Å². The summed E-state index contributed by atoms with van der Waals surface area (Å²) >= 11 is 0. The zero-order valence-corrected chi connectivity index (χ0v) is 11.8. The number of sulfonamides is 1. The lowest BCUT2D eigenvalue weighted by Crippen LogP contribution is -2.33. The second-order valence-corrected chi connectivity index (χ2v) is 6.39. The van der Waals surface area contributed by atoms with Gasteiger partial charge in [-0.25, -0.2) is 17.2 Å². The van der Waals surface area contributed by atoms with E-state index in [0.29, 0.717) is 0 Å². The molecule has 1 aromatic carbocycles. The third kappa shape index (κ3) is 2.68. The number of carbonyl (C=O) groups is 1. The van der Waals surface area contributed by atoms with E-state index in [9.17, 15) is 27.1 Å². The highest BCUT2D eigenvalue weighted by Gasteiger charge is 2.50. The van der Waals surface area contributed by atoms with E-state index in [1.165, 1.54) is 0 Å². The fourth-order valence-corrected chi connectivity index (χ4v) is 2.38. The lowest BCUT2D eigenvalue weighted by molar-refractivity contribution is -0.132. The van der Waals surface area contributed by atoms with Crippen molar-refractivity contribution in [3.8, 4) is 0 Å². The number of aliphatic hydroxyl groups is 1. The fraction of sp³-hybridized carbons (Fsp3) is 0.250. The summed E-state index contributed by atoms with van der Waals surface area (Å²) in [5.74, 6) is -4.56. The van der Waals surface area contributed by atoms with Gasteiger partial charge in [-0.05, 0) is 25.1 Å². The highest BCUT2D eigenvalue weighted by Crippen LogP contribution is 2.38. The van der Waals surface area contributed by atoms with Crippen LogP contribution in [0.3, 0.4) is 0 Å². The number of hydrogen-bond donors (Lipinski definition) is 2.